The Balaban J connectivity index is 1.88. The second-order valence-corrected chi connectivity index (χ2v) is 4.03. The Kier molecular flexibility index (Phi) is 2.64. The van der Waals surface area contributed by atoms with Crippen LogP contribution in [0.4, 0.5) is 0 Å². The normalized spacial score (nSPS) is 17.9. The van der Waals surface area contributed by atoms with Crippen molar-refractivity contribution in [3.05, 3.63) is 24.0 Å². The lowest BCUT2D eigenvalue weighted by Crippen LogP contribution is -2.54. The Morgan fingerprint density at radius 1 is 1.53 bits per heavy atom. The van der Waals surface area contributed by atoms with E-state index >= 15 is 0 Å². The van der Waals surface area contributed by atoms with Crippen LogP contribution in [0.5, 0.6) is 0 Å². The fourth-order valence-electron chi connectivity index (χ4n) is 1.59. The van der Waals surface area contributed by atoms with E-state index in [-0.39, 0.29) is 11.4 Å². The first-order valence-electron chi connectivity index (χ1n) is 5.03. The van der Waals surface area contributed by atoms with Gasteiger partial charge >= 0.3 is 0 Å². The molecule has 1 aromatic heterocycles. The van der Waals surface area contributed by atoms with Gasteiger partial charge in [0, 0.05) is 12.1 Å². The Bertz CT molecular complexity index is 348. The monoisotopic (exact) mass is 206 g/mol. The Morgan fingerprint density at radius 3 is 2.87 bits per heavy atom. The largest absolute Gasteiger partial charge is 0.350 e. The first-order chi connectivity index (χ1) is 7.20. The van der Waals surface area contributed by atoms with Crippen LogP contribution >= 0.6 is 0 Å². The summed E-state index contributed by atoms with van der Waals surface area (Å²) in [6, 6.07) is 1.63. The maximum atomic E-state index is 11.6. The lowest BCUT2D eigenvalue weighted by Gasteiger charge is -2.38. The van der Waals surface area contributed by atoms with Crippen molar-refractivity contribution in [1.82, 2.24) is 15.5 Å². The molecule has 0 aromatic carbocycles. The Morgan fingerprint density at radius 2 is 2.33 bits per heavy atom. The molecule has 1 fully saturated rings. The summed E-state index contributed by atoms with van der Waals surface area (Å²) in [6.07, 6.45) is 6.07. The van der Waals surface area contributed by atoms with Crippen molar-refractivity contribution in [2.45, 2.75) is 24.8 Å². The van der Waals surface area contributed by atoms with E-state index in [9.17, 15) is 4.79 Å². The summed E-state index contributed by atoms with van der Waals surface area (Å²) in [5.41, 5.74) is 6.32. The molecule has 80 valence electrons. The standard InChI is InChI=1S/C10H14N4O/c11-10(3-1-4-10)7-12-9(15)8-2-5-13-14-6-8/h2,5-6H,1,3-4,7,11H2,(H,12,15). The quantitative estimate of drug-likeness (QED) is 0.734. The van der Waals surface area contributed by atoms with Gasteiger partial charge in [0.15, 0.2) is 0 Å². The van der Waals surface area contributed by atoms with E-state index in [0.29, 0.717) is 12.1 Å². The van der Waals surface area contributed by atoms with Crippen molar-refractivity contribution < 1.29 is 4.79 Å². The number of carbonyl (C=O) groups excluding carboxylic acids is 1. The molecule has 1 amide bonds. The number of carbonyl (C=O) groups is 1. The lowest BCUT2D eigenvalue weighted by molar-refractivity contribution is 0.0929. The molecule has 0 bridgehead atoms. The first kappa shape index (κ1) is 10.0. The predicted molar refractivity (Wildman–Crippen MR) is 55.1 cm³/mol. The zero-order valence-corrected chi connectivity index (χ0v) is 8.44. The zero-order chi connectivity index (χ0) is 10.7. The van der Waals surface area contributed by atoms with Crippen LogP contribution in [0.3, 0.4) is 0 Å². The molecule has 0 unspecified atom stereocenters. The van der Waals surface area contributed by atoms with Crippen molar-refractivity contribution in [2.24, 2.45) is 5.73 Å². The van der Waals surface area contributed by atoms with Crippen LogP contribution < -0.4 is 11.1 Å². The number of hydrogen-bond donors (Lipinski definition) is 2. The fourth-order valence-corrected chi connectivity index (χ4v) is 1.59. The van der Waals surface area contributed by atoms with E-state index in [1.807, 2.05) is 0 Å². The molecule has 2 rings (SSSR count). The third-order valence-corrected chi connectivity index (χ3v) is 2.80. The number of nitrogens with two attached hydrogens (primary N) is 1. The van der Waals surface area contributed by atoms with Crippen LogP contribution in [0.15, 0.2) is 18.5 Å². The highest BCUT2D eigenvalue weighted by molar-refractivity contribution is 5.93. The summed E-state index contributed by atoms with van der Waals surface area (Å²) in [4.78, 5) is 11.6. The third-order valence-electron chi connectivity index (χ3n) is 2.80. The van der Waals surface area contributed by atoms with Gasteiger partial charge in [0.25, 0.3) is 5.91 Å². The van der Waals surface area contributed by atoms with E-state index in [1.54, 1.807) is 6.07 Å². The van der Waals surface area contributed by atoms with E-state index in [0.717, 1.165) is 19.3 Å². The molecule has 0 saturated heterocycles. The zero-order valence-electron chi connectivity index (χ0n) is 8.44. The van der Waals surface area contributed by atoms with Crippen LogP contribution in [0.2, 0.25) is 0 Å². The number of amides is 1. The molecular weight excluding hydrogens is 192 g/mol. The predicted octanol–water partition coefficient (Wildman–Crippen LogP) is 0.0878. The minimum atomic E-state index is -0.184. The van der Waals surface area contributed by atoms with E-state index in [4.69, 9.17) is 5.73 Å². The van der Waals surface area contributed by atoms with Gasteiger partial charge in [0.2, 0.25) is 0 Å². The highest BCUT2D eigenvalue weighted by atomic mass is 16.1. The van der Waals surface area contributed by atoms with Gasteiger partial charge < -0.3 is 11.1 Å². The van der Waals surface area contributed by atoms with Gasteiger partial charge in [-0.25, -0.2) is 0 Å². The summed E-state index contributed by atoms with van der Waals surface area (Å²) in [5.74, 6) is -0.137. The maximum absolute atomic E-state index is 11.6. The van der Waals surface area contributed by atoms with E-state index in [2.05, 4.69) is 15.5 Å². The fraction of sp³-hybridized carbons (Fsp3) is 0.500. The number of hydrogen-bond acceptors (Lipinski definition) is 4. The van der Waals surface area contributed by atoms with E-state index in [1.165, 1.54) is 12.4 Å². The molecule has 0 spiro atoms. The van der Waals surface area contributed by atoms with Gasteiger partial charge in [-0.05, 0) is 25.3 Å². The van der Waals surface area contributed by atoms with Crippen LogP contribution in [0.25, 0.3) is 0 Å². The van der Waals surface area contributed by atoms with Crippen molar-refractivity contribution in [3.63, 3.8) is 0 Å². The van der Waals surface area contributed by atoms with Crippen LogP contribution in [0.1, 0.15) is 29.6 Å². The van der Waals surface area contributed by atoms with Crippen molar-refractivity contribution in [3.8, 4) is 0 Å². The van der Waals surface area contributed by atoms with Crippen molar-refractivity contribution in [1.29, 1.82) is 0 Å². The molecule has 0 aliphatic heterocycles. The van der Waals surface area contributed by atoms with Gasteiger partial charge in [0.05, 0.1) is 18.0 Å². The second kappa shape index (κ2) is 3.94. The second-order valence-electron chi connectivity index (χ2n) is 4.03. The summed E-state index contributed by atoms with van der Waals surface area (Å²) in [6.45, 7) is 0.536. The Hall–Kier alpha value is -1.49. The number of rotatable bonds is 3. The molecule has 15 heavy (non-hydrogen) atoms. The van der Waals surface area contributed by atoms with Crippen LogP contribution in [0, 0.1) is 0 Å². The number of aromatic nitrogens is 2. The number of nitrogens with one attached hydrogen (secondary N) is 1. The topological polar surface area (TPSA) is 80.9 Å². The van der Waals surface area contributed by atoms with Gasteiger partial charge in [-0.1, -0.05) is 0 Å². The summed E-state index contributed by atoms with van der Waals surface area (Å²) in [5, 5.41) is 10.1. The van der Waals surface area contributed by atoms with Gasteiger partial charge in [-0.2, -0.15) is 10.2 Å². The SMILES string of the molecule is NC1(CNC(=O)c2ccnnc2)CCC1. The van der Waals surface area contributed by atoms with Crippen molar-refractivity contribution >= 4 is 5.91 Å². The molecule has 1 heterocycles. The molecule has 3 N–H and O–H groups in total. The molecule has 0 atom stereocenters. The molecule has 5 heteroatoms. The molecule has 0 radical (unpaired) electrons. The smallest absolute Gasteiger partial charge is 0.253 e. The van der Waals surface area contributed by atoms with Crippen LogP contribution in [-0.2, 0) is 0 Å². The average Bonchev–Trinajstić information content (AvgIpc) is 2.24. The molecule has 1 aliphatic carbocycles. The highest BCUT2D eigenvalue weighted by Gasteiger charge is 2.32. The van der Waals surface area contributed by atoms with Gasteiger partial charge in [0.1, 0.15) is 0 Å². The summed E-state index contributed by atoms with van der Waals surface area (Å²) < 4.78 is 0. The summed E-state index contributed by atoms with van der Waals surface area (Å²) >= 11 is 0. The van der Waals surface area contributed by atoms with Crippen molar-refractivity contribution in [2.75, 3.05) is 6.54 Å². The number of nitrogens with zero attached hydrogens (tertiary/aromatic N) is 2. The molecule has 1 aliphatic rings. The maximum Gasteiger partial charge on any atom is 0.253 e. The third kappa shape index (κ3) is 2.30. The minimum absolute atomic E-state index is 0.137. The lowest BCUT2D eigenvalue weighted by atomic mass is 9.78. The Labute approximate surface area is 88.1 Å². The molecule has 1 aromatic rings. The molecular formula is C10H14N4O. The summed E-state index contributed by atoms with van der Waals surface area (Å²) in [7, 11) is 0. The van der Waals surface area contributed by atoms with E-state index < -0.39 is 0 Å². The van der Waals surface area contributed by atoms with Crippen LogP contribution in [-0.4, -0.2) is 28.2 Å². The van der Waals surface area contributed by atoms with Gasteiger partial charge in [-0.3, -0.25) is 4.79 Å². The van der Waals surface area contributed by atoms with Gasteiger partial charge in [-0.15, -0.1) is 0 Å². The molecule has 1 saturated carbocycles. The highest BCUT2D eigenvalue weighted by Crippen LogP contribution is 2.28. The average molecular weight is 206 g/mol. The molecule has 5 nitrogen and oxygen atoms in total. The minimum Gasteiger partial charge on any atom is -0.350 e. The first-order valence-corrected chi connectivity index (χ1v) is 5.03.